The molecule has 1 aliphatic rings. The van der Waals surface area contributed by atoms with Crippen molar-refractivity contribution in [3.05, 3.63) is 27.1 Å². The van der Waals surface area contributed by atoms with Crippen LogP contribution < -0.4 is 11.3 Å². The second-order valence-electron chi connectivity index (χ2n) is 4.77. The van der Waals surface area contributed by atoms with Crippen LogP contribution in [0.1, 0.15) is 12.6 Å². The summed E-state index contributed by atoms with van der Waals surface area (Å²) in [5.74, 6) is -0.0482. The molecule has 0 saturated carbocycles. The number of imidazole rings is 1. The van der Waals surface area contributed by atoms with Crippen LogP contribution in [-0.2, 0) is 4.74 Å². The van der Waals surface area contributed by atoms with E-state index in [2.05, 4.69) is 25.0 Å². The van der Waals surface area contributed by atoms with Crippen LogP contribution in [0.4, 0.5) is 5.95 Å². The minimum absolute atomic E-state index is 0.0482. The summed E-state index contributed by atoms with van der Waals surface area (Å²) in [7, 11) is 0. The highest BCUT2D eigenvalue weighted by Gasteiger charge is 2.48. The van der Waals surface area contributed by atoms with Gasteiger partial charge in [-0.2, -0.15) is 4.98 Å². The van der Waals surface area contributed by atoms with E-state index in [1.165, 1.54) is 10.9 Å². The smallest absolute Gasteiger partial charge is 0.280 e. The third-order valence-electron chi connectivity index (χ3n) is 3.45. The van der Waals surface area contributed by atoms with Crippen molar-refractivity contribution in [3.63, 3.8) is 0 Å². The van der Waals surface area contributed by atoms with Crippen molar-refractivity contribution in [2.75, 3.05) is 10.2 Å². The maximum Gasteiger partial charge on any atom is 0.280 e. The zero-order chi connectivity index (χ0) is 15.9. The highest BCUT2D eigenvalue weighted by molar-refractivity contribution is 14.1. The van der Waals surface area contributed by atoms with Gasteiger partial charge in [-0.1, -0.05) is 27.7 Å². The van der Waals surface area contributed by atoms with Gasteiger partial charge >= 0.3 is 0 Å². The van der Waals surface area contributed by atoms with Gasteiger partial charge in [-0.3, -0.25) is 14.3 Å². The number of nitrogens with two attached hydrogens (primary N) is 1. The van der Waals surface area contributed by atoms with E-state index in [-0.39, 0.29) is 28.0 Å². The molecular formula is C10H11IN8O3. The Morgan fingerprint density at radius 3 is 3.23 bits per heavy atom. The van der Waals surface area contributed by atoms with Crippen LogP contribution in [-0.4, -0.2) is 40.9 Å². The predicted octanol–water partition coefficient (Wildman–Crippen LogP) is 0.423. The number of nitrogens with one attached hydrogen (secondary N) is 1. The number of aliphatic hydroxyl groups excluding tert-OH is 1. The first-order valence-corrected chi connectivity index (χ1v) is 7.74. The van der Waals surface area contributed by atoms with E-state index < -0.39 is 23.6 Å². The Hall–Kier alpha value is -1.89. The summed E-state index contributed by atoms with van der Waals surface area (Å²) in [4.78, 5) is 24.9. The van der Waals surface area contributed by atoms with Crippen molar-refractivity contribution in [2.24, 2.45) is 5.11 Å². The number of aromatic nitrogens is 4. The molecule has 2 aromatic rings. The highest BCUT2D eigenvalue weighted by atomic mass is 127. The van der Waals surface area contributed by atoms with Crippen molar-refractivity contribution in [2.45, 2.75) is 24.5 Å². The second kappa shape index (κ2) is 5.39. The first kappa shape index (κ1) is 15.0. The molecule has 2 aromatic heterocycles. The molecular weight excluding hydrogens is 407 g/mol. The van der Waals surface area contributed by atoms with Crippen molar-refractivity contribution < 1.29 is 9.84 Å². The number of hydrogen-bond acceptors (Lipinski definition) is 7. The molecule has 0 bridgehead atoms. The molecule has 0 unspecified atom stereocenters. The molecule has 0 radical (unpaired) electrons. The summed E-state index contributed by atoms with van der Waals surface area (Å²) < 4.78 is 7.50. The summed E-state index contributed by atoms with van der Waals surface area (Å²) in [6.45, 7) is 0. The Kier molecular flexibility index (Phi) is 3.68. The summed E-state index contributed by atoms with van der Waals surface area (Å²) in [5.41, 5.74) is 12.7. The number of rotatable bonds is 3. The normalized spacial score (nSPS) is 27.9. The number of aliphatic hydroxyl groups is 1. The van der Waals surface area contributed by atoms with Crippen LogP contribution in [0, 0.1) is 0 Å². The number of nitrogen functional groups attached to an aromatic ring is 1. The van der Waals surface area contributed by atoms with Crippen LogP contribution in [0.25, 0.3) is 21.6 Å². The first-order valence-electron chi connectivity index (χ1n) is 6.21. The molecule has 1 aliphatic heterocycles. The molecule has 0 spiro atoms. The van der Waals surface area contributed by atoms with Crippen molar-refractivity contribution in [3.8, 4) is 0 Å². The van der Waals surface area contributed by atoms with Crippen LogP contribution in [0.3, 0.4) is 0 Å². The third-order valence-corrected chi connectivity index (χ3v) is 4.54. The topological polar surface area (TPSA) is 168 Å². The van der Waals surface area contributed by atoms with E-state index in [0.717, 1.165) is 0 Å². The number of nitrogens with zero attached hydrogens (tertiary/aromatic N) is 6. The molecule has 0 amide bonds. The summed E-state index contributed by atoms with van der Waals surface area (Å²) >= 11 is 1.97. The number of fused-ring (bicyclic) bond motifs is 1. The number of ether oxygens (including phenoxy) is 1. The summed E-state index contributed by atoms with van der Waals surface area (Å²) in [6, 6.07) is 0. The number of anilines is 1. The van der Waals surface area contributed by atoms with Gasteiger partial charge in [0.2, 0.25) is 5.95 Å². The molecule has 1 fully saturated rings. The summed E-state index contributed by atoms with van der Waals surface area (Å²) in [5, 5.41) is 13.8. The Balaban J connectivity index is 2.07. The maximum absolute atomic E-state index is 11.8. The molecule has 12 heteroatoms. The Morgan fingerprint density at radius 1 is 1.77 bits per heavy atom. The minimum Gasteiger partial charge on any atom is -0.390 e. The molecule has 4 N–H and O–H groups in total. The van der Waals surface area contributed by atoms with Gasteiger partial charge in [0.25, 0.3) is 5.56 Å². The molecule has 3 rings (SSSR count). The average molecular weight is 418 g/mol. The Morgan fingerprint density at radius 2 is 2.55 bits per heavy atom. The first-order chi connectivity index (χ1) is 10.5. The SMILES string of the molecule is [N-]=[N+]=N[C@]1(CI)O[C@@H](n2cnc3c(=O)[nH]c(N)nc32)C[C@@H]1O. The molecule has 11 nitrogen and oxygen atoms in total. The Labute approximate surface area is 136 Å². The van der Waals surface area contributed by atoms with Crippen LogP contribution in [0.15, 0.2) is 16.2 Å². The van der Waals surface area contributed by atoms with Gasteiger partial charge in [0.05, 0.1) is 12.4 Å². The maximum atomic E-state index is 11.8. The van der Waals surface area contributed by atoms with E-state index in [0.29, 0.717) is 0 Å². The van der Waals surface area contributed by atoms with Crippen molar-refractivity contribution >= 4 is 39.7 Å². The van der Waals surface area contributed by atoms with E-state index >= 15 is 0 Å². The third kappa shape index (κ3) is 2.20. The molecule has 22 heavy (non-hydrogen) atoms. The zero-order valence-electron chi connectivity index (χ0n) is 11.0. The fourth-order valence-electron chi connectivity index (χ4n) is 2.37. The fraction of sp³-hybridized carbons (Fsp3) is 0.500. The molecule has 1 saturated heterocycles. The zero-order valence-corrected chi connectivity index (χ0v) is 13.2. The van der Waals surface area contributed by atoms with Gasteiger partial charge in [-0.25, -0.2) is 4.98 Å². The van der Waals surface area contributed by atoms with Gasteiger partial charge in [0.15, 0.2) is 16.9 Å². The van der Waals surface area contributed by atoms with E-state index in [4.69, 9.17) is 16.0 Å². The number of H-pyrrole nitrogens is 1. The summed E-state index contributed by atoms with van der Waals surface area (Å²) in [6.07, 6.45) is -0.110. The molecule has 3 heterocycles. The number of hydrogen-bond donors (Lipinski definition) is 3. The number of azide groups is 1. The fourth-order valence-corrected chi connectivity index (χ4v) is 3.22. The van der Waals surface area contributed by atoms with Crippen molar-refractivity contribution in [1.82, 2.24) is 19.5 Å². The molecule has 0 aliphatic carbocycles. The average Bonchev–Trinajstić information content (AvgIpc) is 3.02. The lowest BCUT2D eigenvalue weighted by Crippen LogP contribution is -2.38. The molecule has 3 atom stereocenters. The monoisotopic (exact) mass is 418 g/mol. The van der Waals surface area contributed by atoms with Crippen LogP contribution in [0.5, 0.6) is 0 Å². The number of alkyl halides is 1. The minimum atomic E-state index is -1.36. The lowest BCUT2D eigenvalue weighted by Gasteiger charge is -2.24. The molecule has 0 aromatic carbocycles. The second-order valence-corrected chi connectivity index (χ2v) is 5.53. The number of halogens is 1. The standard InChI is InChI=1S/C10H11IN8O3/c11-2-10(17-18-13)4(20)1-5(22-10)19-3-14-6-7(19)15-9(12)16-8(6)21/h3-5,20H,1-2H2,(H3,12,15,16,21)/t4-,5+,10+/m0/s1. The highest BCUT2D eigenvalue weighted by Crippen LogP contribution is 2.40. The predicted molar refractivity (Wildman–Crippen MR) is 84.1 cm³/mol. The van der Waals surface area contributed by atoms with E-state index in [1.54, 1.807) is 0 Å². The van der Waals surface area contributed by atoms with E-state index in [1.807, 2.05) is 22.6 Å². The van der Waals surface area contributed by atoms with Crippen molar-refractivity contribution in [1.29, 1.82) is 0 Å². The van der Waals surface area contributed by atoms with E-state index in [9.17, 15) is 9.90 Å². The Bertz CT molecular complexity index is 827. The van der Waals surface area contributed by atoms with Gasteiger partial charge in [-0.15, -0.1) is 0 Å². The van der Waals surface area contributed by atoms with Gasteiger partial charge in [0.1, 0.15) is 6.23 Å². The lowest BCUT2D eigenvalue weighted by atomic mass is 10.1. The van der Waals surface area contributed by atoms with Gasteiger partial charge < -0.3 is 15.6 Å². The van der Waals surface area contributed by atoms with Gasteiger partial charge in [0, 0.05) is 15.8 Å². The lowest BCUT2D eigenvalue weighted by molar-refractivity contribution is -0.0795. The molecule has 116 valence electrons. The van der Waals surface area contributed by atoms with Gasteiger partial charge in [-0.05, 0) is 5.53 Å². The van der Waals surface area contributed by atoms with Crippen LogP contribution in [0.2, 0.25) is 0 Å². The van der Waals surface area contributed by atoms with Crippen LogP contribution >= 0.6 is 22.6 Å². The number of aromatic amines is 1. The largest absolute Gasteiger partial charge is 0.390 e. The quantitative estimate of drug-likeness (QED) is 0.215.